The average molecular weight is 275 g/mol. The molecule has 20 heavy (non-hydrogen) atoms. The highest BCUT2D eigenvalue weighted by molar-refractivity contribution is 5.87. The van der Waals surface area contributed by atoms with E-state index in [0.717, 1.165) is 49.0 Å². The number of anilines is 1. The summed E-state index contributed by atoms with van der Waals surface area (Å²) in [6.45, 7) is 1.44. The SMILES string of the molecule is NC1CCC(OCCNc2nccc3occc23)CC1. The van der Waals surface area contributed by atoms with Crippen molar-refractivity contribution in [2.75, 3.05) is 18.5 Å². The number of fused-ring (bicyclic) bond motifs is 1. The molecule has 0 bridgehead atoms. The lowest BCUT2D eigenvalue weighted by molar-refractivity contribution is 0.0313. The summed E-state index contributed by atoms with van der Waals surface area (Å²) in [6, 6.07) is 4.16. The molecule has 2 aromatic heterocycles. The van der Waals surface area contributed by atoms with E-state index in [1.165, 1.54) is 0 Å². The van der Waals surface area contributed by atoms with E-state index in [-0.39, 0.29) is 0 Å². The fraction of sp³-hybridized carbons (Fsp3) is 0.533. The van der Waals surface area contributed by atoms with Crippen LogP contribution in [-0.2, 0) is 4.74 Å². The molecule has 108 valence electrons. The summed E-state index contributed by atoms with van der Waals surface area (Å²) in [5.74, 6) is 0.852. The molecule has 5 heteroatoms. The Morgan fingerprint density at radius 1 is 1.30 bits per heavy atom. The van der Waals surface area contributed by atoms with Gasteiger partial charge in [0, 0.05) is 18.8 Å². The Balaban J connectivity index is 1.45. The van der Waals surface area contributed by atoms with Gasteiger partial charge in [0.2, 0.25) is 0 Å². The van der Waals surface area contributed by atoms with Crippen molar-refractivity contribution in [2.45, 2.75) is 37.8 Å². The Kier molecular flexibility index (Phi) is 4.18. The quantitative estimate of drug-likeness (QED) is 0.820. The maximum Gasteiger partial charge on any atom is 0.139 e. The van der Waals surface area contributed by atoms with E-state index in [1.54, 1.807) is 12.5 Å². The van der Waals surface area contributed by atoms with Crippen molar-refractivity contribution in [1.82, 2.24) is 4.98 Å². The first-order chi connectivity index (χ1) is 9.83. The van der Waals surface area contributed by atoms with Gasteiger partial charge in [0.1, 0.15) is 11.4 Å². The van der Waals surface area contributed by atoms with Crippen LogP contribution in [0.2, 0.25) is 0 Å². The largest absolute Gasteiger partial charge is 0.464 e. The highest BCUT2D eigenvalue weighted by atomic mass is 16.5. The van der Waals surface area contributed by atoms with E-state index in [0.29, 0.717) is 18.8 Å². The topological polar surface area (TPSA) is 73.3 Å². The standard InChI is InChI=1S/C15H21N3O2/c16-11-1-3-12(4-2-11)19-10-8-18-15-13-6-9-20-14(13)5-7-17-15/h5-7,9,11-12H,1-4,8,10,16H2,(H,17,18). The van der Waals surface area contributed by atoms with E-state index in [2.05, 4.69) is 10.3 Å². The van der Waals surface area contributed by atoms with Crippen LogP contribution in [0.4, 0.5) is 5.82 Å². The van der Waals surface area contributed by atoms with Crippen molar-refractivity contribution in [3.8, 4) is 0 Å². The lowest BCUT2D eigenvalue weighted by atomic mass is 9.94. The lowest BCUT2D eigenvalue weighted by Gasteiger charge is -2.26. The van der Waals surface area contributed by atoms with Gasteiger partial charge in [0.05, 0.1) is 24.4 Å². The summed E-state index contributed by atoms with van der Waals surface area (Å²) >= 11 is 0. The maximum absolute atomic E-state index is 5.89. The van der Waals surface area contributed by atoms with Gasteiger partial charge in [-0.2, -0.15) is 0 Å². The molecular formula is C15H21N3O2. The summed E-state index contributed by atoms with van der Waals surface area (Å²) in [7, 11) is 0. The number of rotatable bonds is 5. The van der Waals surface area contributed by atoms with Gasteiger partial charge in [-0.15, -0.1) is 0 Å². The molecule has 5 nitrogen and oxygen atoms in total. The van der Waals surface area contributed by atoms with Crippen molar-refractivity contribution in [2.24, 2.45) is 5.73 Å². The van der Waals surface area contributed by atoms with Crippen LogP contribution in [0.5, 0.6) is 0 Å². The second kappa shape index (κ2) is 6.24. The van der Waals surface area contributed by atoms with E-state index in [1.807, 2.05) is 12.1 Å². The molecule has 3 rings (SSSR count). The monoisotopic (exact) mass is 275 g/mol. The zero-order valence-corrected chi connectivity index (χ0v) is 11.5. The molecule has 0 amide bonds. The molecule has 1 aliphatic carbocycles. The van der Waals surface area contributed by atoms with Gasteiger partial charge in [-0.25, -0.2) is 4.98 Å². The number of nitrogens with zero attached hydrogens (tertiary/aromatic N) is 1. The Morgan fingerprint density at radius 2 is 2.15 bits per heavy atom. The first-order valence-corrected chi connectivity index (χ1v) is 7.26. The van der Waals surface area contributed by atoms with Crippen LogP contribution in [0, 0.1) is 0 Å². The van der Waals surface area contributed by atoms with Crippen molar-refractivity contribution in [1.29, 1.82) is 0 Å². The van der Waals surface area contributed by atoms with Crippen LogP contribution < -0.4 is 11.1 Å². The predicted octanol–water partition coefficient (Wildman–Crippen LogP) is 2.53. The number of ether oxygens (including phenoxy) is 1. The number of furan rings is 1. The molecule has 0 spiro atoms. The minimum atomic E-state index is 0.370. The highest BCUT2D eigenvalue weighted by Crippen LogP contribution is 2.22. The Morgan fingerprint density at radius 3 is 3.00 bits per heavy atom. The van der Waals surface area contributed by atoms with E-state index < -0.39 is 0 Å². The second-order valence-corrected chi connectivity index (χ2v) is 5.33. The maximum atomic E-state index is 5.89. The molecule has 0 aromatic carbocycles. The van der Waals surface area contributed by atoms with Gasteiger partial charge in [-0.3, -0.25) is 0 Å². The highest BCUT2D eigenvalue weighted by Gasteiger charge is 2.18. The van der Waals surface area contributed by atoms with E-state index in [4.69, 9.17) is 14.9 Å². The summed E-state index contributed by atoms with van der Waals surface area (Å²) in [4.78, 5) is 4.33. The number of aromatic nitrogens is 1. The summed E-state index contributed by atoms with van der Waals surface area (Å²) < 4.78 is 11.2. The van der Waals surface area contributed by atoms with E-state index in [9.17, 15) is 0 Å². The van der Waals surface area contributed by atoms with Gasteiger partial charge in [0.25, 0.3) is 0 Å². The van der Waals surface area contributed by atoms with Crippen molar-refractivity contribution in [3.63, 3.8) is 0 Å². The first kappa shape index (κ1) is 13.4. The molecule has 0 saturated heterocycles. The third kappa shape index (κ3) is 3.11. The van der Waals surface area contributed by atoms with Gasteiger partial charge in [-0.1, -0.05) is 0 Å². The first-order valence-electron chi connectivity index (χ1n) is 7.26. The molecule has 0 radical (unpaired) electrons. The lowest BCUT2D eigenvalue weighted by Crippen LogP contribution is -2.31. The van der Waals surface area contributed by atoms with Crippen LogP contribution in [0.25, 0.3) is 11.0 Å². The molecule has 1 fully saturated rings. The minimum absolute atomic E-state index is 0.370. The van der Waals surface area contributed by atoms with E-state index >= 15 is 0 Å². The van der Waals surface area contributed by atoms with Crippen molar-refractivity contribution in [3.05, 3.63) is 24.6 Å². The Bertz CT molecular complexity index is 547. The van der Waals surface area contributed by atoms with Crippen LogP contribution in [0.3, 0.4) is 0 Å². The summed E-state index contributed by atoms with van der Waals surface area (Å²) in [5, 5.41) is 4.31. The molecular weight excluding hydrogens is 254 g/mol. The van der Waals surface area contributed by atoms with Crippen molar-refractivity contribution < 1.29 is 9.15 Å². The van der Waals surface area contributed by atoms with Crippen LogP contribution in [-0.4, -0.2) is 30.3 Å². The number of pyridine rings is 1. The Labute approximate surface area is 118 Å². The minimum Gasteiger partial charge on any atom is -0.464 e. The zero-order chi connectivity index (χ0) is 13.8. The van der Waals surface area contributed by atoms with Crippen LogP contribution in [0.1, 0.15) is 25.7 Å². The predicted molar refractivity (Wildman–Crippen MR) is 78.7 cm³/mol. The summed E-state index contributed by atoms with van der Waals surface area (Å²) in [6.07, 6.45) is 8.11. The van der Waals surface area contributed by atoms with Crippen molar-refractivity contribution >= 4 is 16.8 Å². The zero-order valence-electron chi connectivity index (χ0n) is 11.5. The molecule has 2 aromatic rings. The van der Waals surface area contributed by atoms with Gasteiger partial charge in [-0.05, 0) is 37.8 Å². The molecule has 0 atom stereocenters. The number of hydrogen-bond donors (Lipinski definition) is 2. The molecule has 0 aliphatic heterocycles. The Hall–Kier alpha value is -1.59. The van der Waals surface area contributed by atoms with Crippen LogP contribution in [0.15, 0.2) is 29.0 Å². The molecule has 1 aliphatic rings. The van der Waals surface area contributed by atoms with Gasteiger partial charge in [0.15, 0.2) is 0 Å². The fourth-order valence-electron chi connectivity index (χ4n) is 2.69. The average Bonchev–Trinajstić information content (AvgIpc) is 2.94. The fourth-order valence-corrected chi connectivity index (χ4v) is 2.69. The number of nitrogens with two attached hydrogens (primary N) is 1. The number of hydrogen-bond acceptors (Lipinski definition) is 5. The summed E-state index contributed by atoms with van der Waals surface area (Å²) in [5.41, 5.74) is 6.74. The van der Waals surface area contributed by atoms with Gasteiger partial charge < -0.3 is 20.2 Å². The second-order valence-electron chi connectivity index (χ2n) is 5.33. The van der Waals surface area contributed by atoms with Gasteiger partial charge >= 0.3 is 0 Å². The molecule has 0 unspecified atom stereocenters. The molecule has 1 saturated carbocycles. The third-order valence-electron chi connectivity index (χ3n) is 3.85. The smallest absolute Gasteiger partial charge is 0.139 e. The third-order valence-corrected chi connectivity index (χ3v) is 3.85. The number of nitrogens with one attached hydrogen (secondary N) is 1. The molecule has 3 N–H and O–H groups in total. The van der Waals surface area contributed by atoms with Crippen LogP contribution >= 0.6 is 0 Å². The molecule has 2 heterocycles. The normalized spacial score (nSPS) is 23.1.